The van der Waals surface area contributed by atoms with Crippen molar-refractivity contribution in [1.82, 2.24) is 15.0 Å². The quantitative estimate of drug-likeness (QED) is 0.910. The summed E-state index contributed by atoms with van der Waals surface area (Å²) in [6.45, 7) is 1.63. The molecule has 21 heavy (non-hydrogen) atoms. The van der Waals surface area contributed by atoms with Crippen LogP contribution in [0.1, 0.15) is 34.9 Å². The molecule has 0 saturated carbocycles. The van der Waals surface area contributed by atoms with Crippen molar-refractivity contribution in [2.45, 2.75) is 18.8 Å². The molecule has 2 N–H and O–H groups in total. The Labute approximate surface area is 126 Å². The molecule has 2 aromatic rings. The zero-order valence-corrected chi connectivity index (χ0v) is 12.0. The predicted octanol–water partition coefficient (Wildman–Crippen LogP) is 2.54. The number of nitrogens with one attached hydrogen (secondary N) is 1. The van der Waals surface area contributed by atoms with Crippen LogP contribution >= 0.6 is 11.6 Å². The highest BCUT2D eigenvalue weighted by Crippen LogP contribution is 2.31. The van der Waals surface area contributed by atoms with Crippen LogP contribution in [-0.2, 0) is 0 Å². The molecule has 1 fully saturated rings. The molecule has 1 unspecified atom stereocenters. The number of halogens is 1. The van der Waals surface area contributed by atoms with Gasteiger partial charge in [-0.3, -0.25) is 0 Å². The Kier molecular flexibility index (Phi) is 3.79. The molecule has 0 amide bonds. The highest BCUT2D eigenvalue weighted by molar-refractivity contribution is 6.33. The van der Waals surface area contributed by atoms with Gasteiger partial charge in [0.25, 0.3) is 0 Å². The minimum atomic E-state index is -1.02. The van der Waals surface area contributed by atoms with Crippen molar-refractivity contribution in [2.75, 3.05) is 18.0 Å². The van der Waals surface area contributed by atoms with E-state index in [1.807, 2.05) is 6.20 Å². The molecule has 110 valence electrons. The number of hydrogen-bond acceptors (Lipinski definition) is 4. The highest BCUT2D eigenvalue weighted by Gasteiger charge is 2.25. The van der Waals surface area contributed by atoms with Gasteiger partial charge >= 0.3 is 5.97 Å². The standard InChI is InChI=1S/C14H15ClN4O2/c15-11-6-10(14(20)21)7-18-13(11)19-5-1-2-9(8-19)12-16-3-4-17-12/h3-4,6-7,9H,1-2,5,8H2,(H,16,17)(H,20,21). The molecule has 0 radical (unpaired) electrons. The van der Waals surface area contributed by atoms with Crippen molar-refractivity contribution >= 4 is 23.4 Å². The van der Waals surface area contributed by atoms with Gasteiger partial charge in [-0.25, -0.2) is 14.8 Å². The number of carbonyl (C=O) groups is 1. The van der Waals surface area contributed by atoms with Crippen LogP contribution in [0.15, 0.2) is 24.7 Å². The van der Waals surface area contributed by atoms with Crippen molar-refractivity contribution in [3.8, 4) is 0 Å². The van der Waals surface area contributed by atoms with Gasteiger partial charge in [-0.2, -0.15) is 0 Å². The van der Waals surface area contributed by atoms with Crippen LogP contribution < -0.4 is 4.90 Å². The summed E-state index contributed by atoms with van der Waals surface area (Å²) in [5, 5.41) is 9.32. The maximum absolute atomic E-state index is 10.9. The third kappa shape index (κ3) is 2.85. The van der Waals surface area contributed by atoms with E-state index in [2.05, 4.69) is 19.9 Å². The maximum Gasteiger partial charge on any atom is 0.337 e. The molecule has 0 spiro atoms. The predicted molar refractivity (Wildman–Crippen MR) is 79.0 cm³/mol. The number of H-pyrrole nitrogens is 1. The summed E-state index contributed by atoms with van der Waals surface area (Å²) in [6, 6.07) is 1.45. The van der Waals surface area contributed by atoms with Gasteiger partial charge < -0.3 is 15.0 Å². The van der Waals surface area contributed by atoms with E-state index in [1.165, 1.54) is 12.3 Å². The van der Waals surface area contributed by atoms with E-state index in [-0.39, 0.29) is 5.56 Å². The van der Waals surface area contributed by atoms with Gasteiger partial charge in [0.05, 0.1) is 10.6 Å². The summed E-state index contributed by atoms with van der Waals surface area (Å²) in [4.78, 5) is 24.7. The van der Waals surface area contributed by atoms with E-state index in [9.17, 15) is 4.79 Å². The molecule has 6 nitrogen and oxygen atoms in total. The van der Waals surface area contributed by atoms with E-state index in [0.29, 0.717) is 16.8 Å². The van der Waals surface area contributed by atoms with Crippen molar-refractivity contribution in [2.24, 2.45) is 0 Å². The molecule has 1 atom stereocenters. The summed E-state index contributed by atoms with van der Waals surface area (Å²) in [5.41, 5.74) is 0.100. The number of carboxylic acids is 1. The van der Waals surface area contributed by atoms with Gasteiger partial charge in [0, 0.05) is 37.6 Å². The van der Waals surface area contributed by atoms with Gasteiger partial charge in [-0.05, 0) is 18.9 Å². The Morgan fingerprint density at radius 3 is 3.00 bits per heavy atom. The lowest BCUT2D eigenvalue weighted by molar-refractivity contribution is 0.0696. The van der Waals surface area contributed by atoms with Crippen molar-refractivity contribution in [1.29, 1.82) is 0 Å². The normalized spacial score (nSPS) is 18.7. The number of piperidine rings is 1. The number of carboxylic acid groups (broad SMARTS) is 1. The Morgan fingerprint density at radius 1 is 1.48 bits per heavy atom. The smallest absolute Gasteiger partial charge is 0.337 e. The molecule has 0 aromatic carbocycles. The molecule has 0 bridgehead atoms. The first-order chi connectivity index (χ1) is 10.1. The van der Waals surface area contributed by atoms with Crippen LogP contribution in [0.4, 0.5) is 5.82 Å². The van der Waals surface area contributed by atoms with Gasteiger partial charge in [-0.15, -0.1) is 0 Å². The largest absolute Gasteiger partial charge is 0.478 e. The monoisotopic (exact) mass is 306 g/mol. The average Bonchev–Trinajstić information content (AvgIpc) is 3.01. The Morgan fingerprint density at radius 2 is 2.33 bits per heavy atom. The van der Waals surface area contributed by atoms with Crippen LogP contribution in [0.2, 0.25) is 5.02 Å². The van der Waals surface area contributed by atoms with E-state index in [1.54, 1.807) is 6.20 Å². The minimum absolute atomic E-state index is 0.100. The Hall–Kier alpha value is -2.08. The Balaban J connectivity index is 1.82. The van der Waals surface area contributed by atoms with Crippen LogP contribution in [0.25, 0.3) is 0 Å². The fraction of sp³-hybridized carbons (Fsp3) is 0.357. The van der Waals surface area contributed by atoms with Crippen molar-refractivity contribution < 1.29 is 9.90 Å². The summed E-state index contributed by atoms with van der Waals surface area (Å²) in [7, 11) is 0. The van der Waals surface area contributed by atoms with Gasteiger partial charge in [0.15, 0.2) is 0 Å². The highest BCUT2D eigenvalue weighted by atomic mass is 35.5. The fourth-order valence-electron chi connectivity index (χ4n) is 2.67. The van der Waals surface area contributed by atoms with Crippen LogP contribution in [0.3, 0.4) is 0 Å². The lowest BCUT2D eigenvalue weighted by Crippen LogP contribution is -2.35. The van der Waals surface area contributed by atoms with Gasteiger partial charge in [-0.1, -0.05) is 11.6 Å². The molecular formula is C14H15ClN4O2. The second-order valence-electron chi connectivity index (χ2n) is 5.09. The third-order valence-electron chi connectivity index (χ3n) is 3.70. The lowest BCUT2D eigenvalue weighted by atomic mass is 9.97. The summed E-state index contributed by atoms with van der Waals surface area (Å²) in [5.74, 6) is 0.893. The molecule has 0 aliphatic carbocycles. The molecule has 1 saturated heterocycles. The van der Waals surface area contributed by atoms with E-state index >= 15 is 0 Å². The van der Waals surface area contributed by atoms with Crippen LogP contribution in [0, 0.1) is 0 Å². The number of imidazole rings is 1. The summed E-state index contributed by atoms with van der Waals surface area (Å²) >= 11 is 6.19. The molecule has 3 heterocycles. The first-order valence-corrected chi connectivity index (χ1v) is 7.16. The maximum atomic E-state index is 10.9. The number of hydrogen-bond donors (Lipinski definition) is 2. The molecule has 7 heteroatoms. The molecule has 2 aromatic heterocycles. The number of anilines is 1. The van der Waals surface area contributed by atoms with E-state index in [4.69, 9.17) is 16.7 Å². The number of nitrogens with zero attached hydrogens (tertiary/aromatic N) is 3. The van der Waals surface area contributed by atoms with E-state index in [0.717, 1.165) is 31.8 Å². The molecular weight excluding hydrogens is 292 g/mol. The number of rotatable bonds is 3. The number of aromatic amines is 1. The van der Waals surface area contributed by atoms with E-state index < -0.39 is 5.97 Å². The first kappa shape index (κ1) is 13.9. The summed E-state index contributed by atoms with van der Waals surface area (Å²) < 4.78 is 0. The average molecular weight is 307 g/mol. The zero-order chi connectivity index (χ0) is 14.8. The van der Waals surface area contributed by atoms with Gasteiger partial charge in [0.1, 0.15) is 11.6 Å². The number of pyridine rings is 1. The van der Waals surface area contributed by atoms with Crippen LogP contribution in [0.5, 0.6) is 0 Å². The molecule has 3 rings (SSSR count). The molecule has 1 aliphatic rings. The van der Waals surface area contributed by atoms with Crippen molar-refractivity contribution in [3.63, 3.8) is 0 Å². The fourth-order valence-corrected chi connectivity index (χ4v) is 2.96. The minimum Gasteiger partial charge on any atom is -0.478 e. The first-order valence-electron chi connectivity index (χ1n) is 6.78. The number of aromatic carboxylic acids is 1. The second kappa shape index (κ2) is 5.73. The lowest BCUT2D eigenvalue weighted by Gasteiger charge is -2.33. The van der Waals surface area contributed by atoms with Gasteiger partial charge in [0.2, 0.25) is 0 Å². The summed E-state index contributed by atoms with van der Waals surface area (Å²) in [6.07, 6.45) is 7.00. The Bertz CT molecular complexity index is 644. The number of aromatic nitrogens is 3. The zero-order valence-electron chi connectivity index (χ0n) is 11.3. The topological polar surface area (TPSA) is 82.1 Å². The second-order valence-corrected chi connectivity index (χ2v) is 5.50. The molecule has 1 aliphatic heterocycles. The van der Waals surface area contributed by atoms with Crippen LogP contribution in [-0.4, -0.2) is 39.1 Å². The SMILES string of the molecule is O=C(O)c1cnc(N2CCCC(c3ncc[nH]3)C2)c(Cl)c1. The third-order valence-corrected chi connectivity index (χ3v) is 3.97. The van der Waals surface area contributed by atoms with Crippen molar-refractivity contribution in [3.05, 3.63) is 41.1 Å².